The molecule has 3 nitrogen and oxygen atoms in total. The van der Waals surface area contributed by atoms with E-state index in [4.69, 9.17) is 10.7 Å². The summed E-state index contributed by atoms with van der Waals surface area (Å²) in [7, 11) is 0. The van der Waals surface area contributed by atoms with Gasteiger partial charge in [0.1, 0.15) is 5.01 Å². The molecule has 23 heavy (non-hydrogen) atoms. The van der Waals surface area contributed by atoms with Gasteiger partial charge in [-0.05, 0) is 52.5 Å². The first-order valence-electron chi connectivity index (χ1n) is 7.49. The highest BCUT2D eigenvalue weighted by atomic mass is 79.9. The zero-order valence-electron chi connectivity index (χ0n) is 13.1. The van der Waals surface area contributed by atoms with E-state index in [9.17, 15) is 0 Å². The summed E-state index contributed by atoms with van der Waals surface area (Å²) >= 11 is 5.12. The normalized spacial score (nSPS) is 11.1. The SMILES string of the molecule is CC(C)Cc1cc(-c2nc(-c3ccc(N)c(Br)c3)cs2)ccn1. The molecule has 0 fully saturated rings. The number of halogens is 1. The first-order chi connectivity index (χ1) is 11.0. The summed E-state index contributed by atoms with van der Waals surface area (Å²) in [4.78, 5) is 9.22. The Morgan fingerprint density at radius 3 is 2.74 bits per heavy atom. The van der Waals surface area contributed by atoms with E-state index < -0.39 is 0 Å². The molecule has 0 spiro atoms. The van der Waals surface area contributed by atoms with Crippen LogP contribution >= 0.6 is 27.3 Å². The van der Waals surface area contributed by atoms with Gasteiger partial charge in [-0.3, -0.25) is 4.98 Å². The summed E-state index contributed by atoms with van der Waals surface area (Å²) in [5, 5.41) is 3.09. The number of nitrogen functional groups attached to an aromatic ring is 1. The van der Waals surface area contributed by atoms with Gasteiger partial charge >= 0.3 is 0 Å². The molecule has 2 N–H and O–H groups in total. The van der Waals surface area contributed by atoms with E-state index in [1.165, 1.54) is 0 Å². The van der Waals surface area contributed by atoms with Gasteiger partial charge in [-0.2, -0.15) is 0 Å². The third kappa shape index (κ3) is 3.79. The summed E-state index contributed by atoms with van der Waals surface area (Å²) in [6, 6.07) is 10.1. The van der Waals surface area contributed by atoms with Crippen molar-refractivity contribution < 1.29 is 0 Å². The Labute approximate surface area is 148 Å². The fourth-order valence-corrected chi connectivity index (χ4v) is 3.57. The van der Waals surface area contributed by atoms with Gasteiger partial charge in [0.15, 0.2) is 0 Å². The number of nitrogens with two attached hydrogens (primary N) is 1. The molecule has 0 bridgehead atoms. The fourth-order valence-electron chi connectivity index (χ4n) is 2.37. The lowest BCUT2D eigenvalue weighted by Crippen LogP contribution is -1.97. The minimum Gasteiger partial charge on any atom is -0.398 e. The lowest BCUT2D eigenvalue weighted by Gasteiger charge is -2.05. The van der Waals surface area contributed by atoms with Crippen molar-refractivity contribution in [2.24, 2.45) is 5.92 Å². The maximum absolute atomic E-state index is 5.85. The Morgan fingerprint density at radius 1 is 1.17 bits per heavy atom. The summed E-state index contributed by atoms with van der Waals surface area (Å²) in [5.41, 5.74) is 10.8. The Balaban J connectivity index is 1.91. The first kappa shape index (κ1) is 16.1. The predicted molar refractivity (Wildman–Crippen MR) is 101 cm³/mol. The summed E-state index contributed by atoms with van der Waals surface area (Å²) in [6.45, 7) is 4.41. The second kappa shape index (κ2) is 6.81. The number of pyridine rings is 1. The number of benzene rings is 1. The average Bonchev–Trinajstić information content (AvgIpc) is 2.99. The minimum atomic E-state index is 0.594. The van der Waals surface area contributed by atoms with E-state index in [0.717, 1.165) is 44.1 Å². The predicted octanol–water partition coefficient (Wildman–Crippen LogP) is 5.42. The molecule has 0 amide bonds. The largest absolute Gasteiger partial charge is 0.398 e. The smallest absolute Gasteiger partial charge is 0.124 e. The van der Waals surface area contributed by atoms with Gasteiger partial charge in [-0.1, -0.05) is 19.9 Å². The molecule has 2 aromatic heterocycles. The van der Waals surface area contributed by atoms with Gasteiger partial charge in [0, 0.05) is 38.6 Å². The number of thiazole rings is 1. The standard InChI is InChI=1S/C18H18BrN3S/c1-11(2)7-14-8-13(5-6-21-14)18-22-17(10-23-18)12-3-4-16(20)15(19)9-12/h3-6,8-11H,7,20H2,1-2H3. The zero-order chi connectivity index (χ0) is 16.4. The topological polar surface area (TPSA) is 51.8 Å². The first-order valence-corrected chi connectivity index (χ1v) is 9.16. The highest BCUT2D eigenvalue weighted by Crippen LogP contribution is 2.31. The molecule has 1 aromatic carbocycles. The molecular formula is C18H18BrN3S. The molecule has 0 atom stereocenters. The van der Waals surface area contributed by atoms with Crippen LogP contribution in [0.1, 0.15) is 19.5 Å². The summed E-state index contributed by atoms with van der Waals surface area (Å²) in [6.07, 6.45) is 2.85. The zero-order valence-corrected chi connectivity index (χ0v) is 15.5. The van der Waals surface area contributed by atoms with Crippen molar-refractivity contribution in [3.05, 3.63) is 52.1 Å². The molecular weight excluding hydrogens is 370 g/mol. The van der Waals surface area contributed by atoms with E-state index in [0.29, 0.717) is 5.92 Å². The molecule has 0 aliphatic heterocycles. The van der Waals surface area contributed by atoms with Crippen LogP contribution in [0.3, 0.4) is 0 Å². The van der Waals surface area contributed by atoms with Crippen molar-refractivity contribution in [3.8, 4) is 21.8 Å². The van der Waals surface area contributed by atoms with Crippen molar-refractivity contribution in [1.29, 1.82) is 0 Å². The molecule has 0 aliphatic rings. The van der Waals surface area contributed by atoms with Crippen LogP contribution in [0.2, 0.25) is 0 Å². The van der Waals surface area contributed by atoms with Gasteiger partial charge in [0.05, 0.1) is 5.69 Å². The van der Waals surface area contributed by atoms with Gasteiger partial charge < -0.3 is 5.73 Å². The molecule has 0 saturated carbocycles. The van der Waals surface area contributed by atoms with Crippen LogP contribution < -0.4 is 5.73 Å². The number of anilines is 1. The van der Waals surface area contributed by atoms with Gasteiger partial charge in [0.25, 0.3) is 0 Å². The molecule has 0 radical (unpaired) electrons. The third-order valence-corrected chi connectivity index (χ3v) is 5.06. The van der Waals surface area contributed by atoms with Crippen LogP contribution in [-0.4, -0.2) is 9.97 Å². The van der Waals surface area contributed by atoms with Crippen molar-refractivity contribution in [1.82, 2.24) is 9.97 Å². The second-order valence-electron chi connectivity index (χ2n) is 5.91. The molecule has 0 unspecified atom stereocenters. The van der Waals surface area contributed by atoms with Crippen LogP contribution in [0.25, 0.3) is 21.8 Å². The van der Waals surface area contributed by atoms with Crippen molar-refractivity contribution in [2.45, 2.75) is 20.3 Å². The number of aromatic nitrogens is 2. The van der Waals surface area contributed by atoms with Gasteiger partial charge in [0.2, 0.25) is 0 Å². The Morgan fingerprint density at radius 2 is 2.00 bits per heavy atom. The highest BCUT2D eigenvalue weighted by molar-refractivity contribution is 9.10. The van der Waals surface area contributed by atoms with Crippen LogP contribution in [-0.2, 0) is 6.42 Å². The van der Waals surface area contributed by atoms with E-state index in [1.807, 2.05) is 30.5 Å². The van der Waals surface area contributed by atoms with E-state index in [2.05, 4.69) is 46.2 Å². The monoisotopic (exact) mass is 387 g/mol. The molecule has 3 aromatic rings. The fraction of sp³-hybridized carbons (Fsp3) is 0.222. The van der Waals surface area contributed by atoms with Gasteiger partial charge in [-0.15, -0.1) is 11.3 Å². The molecule has 0 aliphatic carbocycles. The number of rotatable bonds is 4. The van der Waals surface area contributed by atoms with Crippen LogP contribution in [0, 0.1) is 5.92 Å². The highest BCUT2D eigenvalue weighted by Gasteiger charge is 2.09. The Bertz CT molecular complexity index is 827. The molecule has 3 rings (SSSR count). The Hall–Kier alpha value is -1.72. The number of hydrogen-bond donors (Lipinski definition) is 1. The lowest BCUT2D eigenvalue weighted by molar-refractivity contribution is 0.635. The molecule has 0 saturated heterocycles. The third-order valence-electron chi connectivity index (χ3n) is 3.48. The maximum atomic E-state index is 5.85. The van der Waals surface area contributed by atoms with Crippen LogP contribution in [0.15, 0.2) is 46.4 Å². The second-order valence-corrected chi connectivity index (χ2v) is 7.62. The number of nitrogens with zero attached hydrogens (tertiary/aromatic N) is 2. The van der Waals surface area contributed by atoms with Crippen molar-refractivity contribution >= 4 is 33.0 Å². The van der Waals surface area contributed by atoms with Crippen molar-refractivity contribution in [3.63, 3.8) is 0 Å². The number of hydrogen-bond acceptors (Lipinski definition) is 4. The van der Waals surface area contributed by atoms with Crippen molar-refractivity contribution in [2.75, 3.05) is 5.73 Å². The van der Waals surface area contributed by atoms with Crippen LogP contribution in [0.4, 0.5) is 5.69 Å². The molecule has 2 heterocycles. The maximum Gasteiger partial charge on any atom is 0.124 e. The van der Waals surface area contributed by atoms with Gasteiger partial charge in [-0.25, -0.2) is 4.98 Å². The lowest BCUT2D eigenvalue weighted by atomic mass is 10.1. The van der Waals surface area contributed by atoms with E-state index >= 15 is 0 Å². The average molecular weight is 388 g/mol. The Kier molecular flexibility index (Phi) is 4.78. The summed E-state index contributed by atoms with van der Waals surface area (Å²) < 4.78 is 0.896. The molecule has 5 heteroatoms. The quantitative estimate of drug-likeness (QED) is 0.608. The minimum absolute atomic E-state index is 0.594. The molecule has 118 valence electrons. The van der Waals surface area contributed by atoms with Crippen LogP contribution in [0.5, 0.6) is 0 Å². The van der Waals surface area contributed by atoms with E-state index in [1.54, 1.807) is 11.3 Å². The van der Waals surface area contributed by atoms with E-state index in [-0.39, 0.29) is 0 Å². The summed E-state index contributed by atoms with van der Waals surface area (Å²) in [5.74, 6) is 0.594.